The van der Waals surface area contributed by atoms with E-state index < -0.39 is 0 Å². The van der Waals surface area contributed by atoms with Crippen LogP contribution in [0.25, 0.3) is 11.1 Å². The molecule has 0 spiro atoms. The van der Waals surface area contributed by atoms with Crippen LogP contribution in [0.15, 0.2) is 54.7 Å². The molecular weight excluding hydrogens is 290 g/mol. The van der Waals surface area contributed by atoms with Crippen LogP contribution in [0.3, 0.4) is 0 Å². The predicted molar refractivity (Wildman–Crippen MR) is 91.3 cm³/mol. The average molecular weight is 307 g/mol. The Bertz CT molecular complexity index is 794. The zero-order valence-corrected chi connectivity index (χ0v) is 12.8. The third-order valence-corrected chi connectivity index (χ3v) is 3.70. The Morgan fingerprint density at radius 1 is 1.13 bits per heavy atom. The Labute approximate surface area is 134 Å². The fourth-order valence-electron chi connectivity index (χ4n) is 2.59. The molecule has 0 aromatic heterocycles. The lowest BCUT2D eigenvalue weighted by molar-refractivity contribution is -0.115. The minimum absolute atomic E-state index is 0.0895. The topological polar surface area (TPSA) is 70.2 Å². The monoisotopic (exact) mass is 307 g/mol. The van der Waals surface area contributed by atoms with E-state index in [1.165, 1.54) is 0 Å². The second-order valence-corrected chi connectivity index (χ2v) is 5.34. The van der Waals surface area contributed by atoms with Crippen molar-refractivity contribution in [2.45, 2.75) is 6.42 Å². The second kappa shape index (κ2) is 5.96. The van der Waals surface area contributed by atoms with Crippen LogP contribution < -0.4 is 16.0 Å². The molecule has 1 heterocycles. The summed E-state index contributed by atoms with van der Waals surface area (Å²) in [6, 6.07) is 13.0. The lowest BCUT2D eigenvalue weighted by Gasteiger charge is -2.14. The molecule has 23 heavy (non-hydrogen) atoms. The van der Waals surface area contributed by atoms with E-state index in [0.29, 0.717) is 11.3 Å². The molecule has 5 heteroatoms. The summed E-state index contributed by atoms with van der Waals surface area (Å²) in [6.07, 6.45) is 0.240. The van der Waals surface area contributed by atoms with E-state index in [9.17, 15) is 9.59 Å². The lowest BCUT2D eigenvalue weighted by Crippen LogP contribution is -2.17. The van der Waals surface area contributed by atoms with Gasteiger partial charge >= 0.3 is 0 Å². The molecule has 0 aliphatic carbocycles. The van der Waals surface area contributed by atoms with Crippen LogP contribution in [0.4, 0.5) is 11.4 Å². The Morgan fingerprint density at radius 3 is 2.57 bits per heavy atom. The van der Waals surface area contributed by atoms with E-state index in [4.69, 9.17) is 0 Å². The number of nitrogens with one attached hydrogen (secondary N) is 3. The Kier molecular flexibility index (Phi) is 3.85. The summed E-state index contributed by atoms with van der Waals surface area (Å²) in [6.45, 7) is 3.88. The number of carbonyl (C=O) groups is 2. The highest BCUT2D eigenvalue weighted by Crippen LogP contribution is 2.37. The van der Waals surface area contributed by atoms with Gasteiger partial charge in [-0.15, -0.1) is 0 Å². The first kappa shape index (κ1) is 14.8. The van der Waals surface area contributed by atoms with Gasteiger partial charge in [0.05, 0.1) is 17.8 Å². The number of amides is 2. The van der Waals surface area contributed by atoms with Gasteiger partial charge in [-0.25, -0.2) is 0 Å². The molecule has 3 rings (SSSR count). The highest BCUT2D eigenvalue weighted by atomic mass is 16.2. The lowest BCUT2D eigenvalue weighted by atomic mass is 10.0. The Hall–Kier alpha value is -3.08. The molecule has 116 valence electrons. The molecule has 2 aromatic carbocycles. The molecule has 0 fully saturated rings. The Morgan fingerprint density at radius 2 is 1.87 bits per heavy atom. The van der Waals surface area contributed by atoms with Crippen molar-refractivity contribution in [2.75, 3.05) is 17.7 Å². The first-order chi connectivity index (χ1) is 11.1. The van der Waals surface area contributed by atoms with Gasteiger partial charge in [0, 0.05) is 23.9 Å². The molecule has 0 saturated heterocycles. The van der Waals surface area contributed by atoms with E-state index in [1.54, 1.807) is 19.2 Å². The summed E-state index contributed by atoms with van der Waals surface area (Å²) in [4.78, 5) is 23.4. The molecule has 0 bridgehead atoms. The molecule has 0 radical (unpaired) electrons. The van der Waals surface area contributed by atoms with Crippen LogP contribution in [-0.2, 0) is 4.79 Å². The third kappa shape index (κ3) is 2.94. The number of carbonyl (C=O) groups excluding carboxylic acids is 2. The van der Waals surface area contributed by atoms with Gasteiger partial charge in [-0.05, 0) is 23.8 Å². The average Bonchev–Trinajstić information content (AvgIpc) is 2.70. The highest BCUT2D eigenvalue weighted by Gasteiger charge is 2.18. The molecule has 0 saturated carbocycles. The number of rotatable bonds is 2. The summed E-state index contributed by atoms with van der Waals surface area (Å²) in [5, 5.41) is 8.69. The van der Waals surface area contributed by atoms with E-state index in [-0.39, 0.29) is 18.2 Å². The van der Waals surface area contributed by atoms with Crippen molar-refractivity contribution in [2.24, 2.45) is 0 Å². The summed E-state index contributed by atoms with van der Waals surface area (Å²) in [7, 11) is 1.60. The summed E-state index contributed by atoms with van der Waals surface area (Å²) >= 11 is 0. The highest BCUT2D eigenvalue weighted by molar-refractivity contribution is 6.02. The van der Waals surface area contributed by atoms with Gasteiger partial charge in [0.15, 0.2) is 0 Å². The van der Waals surface area contributed by atoms with E-state index >= 15 is 0 Å². The van der Waals surface area contributed by atoms with Crippen LogP contribution in [0.2, 0.25) is 0 Å². The van der Waals surface area contributed by atoms with Crippen molar-refractivity contribution in [1.29, 1.82) is 0 Å². The molecule has 5 nitrogen and oxygen atoms in total. The van der Waals surface area contributed by atoms with Gasteiger partial charge in [0.1, 0.15) is 0 Å². The van der Waals surface area contributed by atoms with Crippen molar-refractivity contribution in [3.63, 3.8) is 0 Å². The molecule has 3 N–H and O–H groups in total. The van der Waals surface area contributed by atoms with Gasteiger partial charge < -0.3 is 16.0 Å². The Balaban J connectivity index is 2.04. The van der Waals surface area contributed by atoms with Crippen molar-refractivity contribution in [3.05, 3.63) is 60.3 Å². The molecule has 0 atom stereocenters. The normalized spacial score (nSPS) is 13.4. The van der Waals surface area contributed by atoms with Crippen LogP contribution >= 0.6 is 0 Å². The SMILES string of the molecule is C=C1CC(=O)Nc2cccc(-c3ccc(C(=O)NC)cc3)c2N1. The first-order valence-corrected chi connectivity index (χ1v) is 7.28. The van der Waals surface area contributed by atoms with E-state index in [1.807, 2.05) is 30.3 Å². The predicted octanol–water partition coefficient (Wildman–Crippen LogP) is 2.98. The second-order valence-electron chi connectivity index (χ2n) is 5.34. The van der Waals surface area contributed by atoms with Crippen molar-refractivity contribution in [3.8, 4) is 11.1 Å². The zero-order valence-electron chi connectivity index (χ0n) is 12.8. The largest absolute Gasteiger partial charge is 0.357 e. The van der Waals surface area contributed by atoms with Crippen molar-refractivity contribution in [1.82, 2.24) is 5.32 Å². The number of anilines is 2. The molecule has 2 amide bonds. The number of hydrogen-bond donors (Lipinski definition) is 3. The van der Waals surface area contributed by atoms with Crippen LogP contribution in [0, 0.1) is 0 Å². The zero-order chi connectivity index (χ0) is 16.4. The molecule has 1 aliphatic rings. The summed E-state index contributed by atoms with van der Waals surface area (Å²) in [5.74, 6) is -0.212. The quantitative estimate of drug-likeness (QED) is 0.799. The minimum Gasteiger partial charge on any atom is -0.357 e. The van der Waals surface area contributed by atoms with E-state index in [0.717, 1.165) is 22.5 Å². The minimum atomic E-state index is -0.123. The maximum Gasteiger partial charge on any atom is 0.251 e. The summed E-state index contributed by atoms with van der Waals surface area (Å²) < 4.78 is 0. The molecular formula is C18H17N3O2. The smallest absolute Gasteiger partial charge is 0.251 e. The van der Waals surface area contributed by atoms with E-state index in [2.05, 4.69) is 22.5 Å². The number of para-hydroxylation sites is 1. The van der Waals surface area contributed by atoms with Gasteiger partial charge in [-0.1, -0.05) is 30.8 Å². The molecule has 2 aromatic rings. The molecule has 0 unspecified atom stereocenters. The maximum absolute atomic E-state index is 11.8. The fourth-order valence-corrected chi connectivity index (χ4v) is 2.59. The van der Waals surface area contributed by atoms with Crippen molar-refractivity contribution >= 4 is 23.2 Å². The van der Waals surface area contributed by atoms with Gasteiger partial charge in [0.2, 0.25) is 5.91 Å². The first-order valence-electron chi connectivity index (χ1n) is 7.28. The van der Waals surface area contributed by atoms with Gasteiger partial charge in [-0.2, -0.15) is 0 Å². The van der Waals surface area contributed by atoms with Crippen LogP contribution in [0.5, 0.6) is 0 Å². The standard InChI is InChI=1S/C18H17N3O2/c1-11-10-16(22)21-15-5-3-4-14(17(15)20-11)12-6-8-13(9-7-12)18(23)19-2/h3-9,20H,1,10H2,2H3,(H,19,23)(H,21,22). The van der Waals surface area contributed by atoms with Gasteiger partial charge in [-0.3, -0.25) is 9.59 Å². The van der Waals surface area contributed by atoms with Gasteiger partial charge in [0.25, 0.3) is 5.91 Å². The number of hydrogen-bond acceptors (Lipinski definition) is 3. The van der Waals surface area contributed by atoms with Crippen LogP contribution in [-0.4, -0.2) is 18.9 Å². The summed E-state index contributed by atoms with van der Waals surface area (Å²) in [5.41, 5.74) is 4.68. The number of benzene rings is 2. The molecule has 1 aliphatic heterocycles. The third-order valence-electron chi connectivity index (χ3n) is 3.70. The maximum atomic E-state index is 11.8. The van der Waals surface area contributed by atoms with Crippen molar-refractivity contribution < 1.29 is 9.59 Å². The fraction of sp³-hybridized carbons (Fsp3) is 0.111. The van der Waals surface area contributed by atoms with Crippen LogP contribution in [0.1, 0.15) is 16.8 Å². The number of fused-ring (bicyclic) bond motifs is 1.